The normalized spacial score (nSPS) is 26.4. The van der Waals surface area contributed by atoms with Crippen molar-refractivity contribution in [2.45, 2.75) is 76.8 Å². The van der Waals surface area contributed by atoms with Gasteiger partial charge in [0.05, 0.1) is 13.2 Å². The summed E-state index contributed by atoms with van der Waals surface area (Å²) in [6.45, 7) is 5.20. The van der Waals surface area contributed by atoms with Gasteiger partial charge in [0.25, 0.3) is 0 Å². The van der Waals surface area contributed by atoms with Gasteiger partial charge in [-0.1, -0.05) is 29.8 Å². The van der Waals surface area contributed by atoms with Gasteiger partial charge in [0.15, 0.2) is 12.2 Å². The second-order valence-electron chi connectivity index (χ2n) is 10.6. The first-order valence-electron chi connectivity index (χ1n) is 14.0. The van der Waals surface area contributed by atoms with Gasteiger partial charge < -0.3 is 38.3 Å². The zero-order valence-electron chi connectivity index (χ0n) is 24.8. The van der Waals surface area contributed by atoms with Crippen LogP contribution < -0.4 is 4.74 Å². The molecular weight excluding hydrogens is 600 g/mol. The van der Waals surface area contributed by atoms with Crippen LogP contribution >= 0.6 is 11.6 Å². The van der Waals surface area contributed by atoms with E-state index in [4.69, 9.17) is 44.8 Å². The zero-order chi connectivity index (χ0) is 32.0. The van der Waals surface area contributed by atoms with Gasteiger partial charge in [-0.2, -0.15) is 0 Å². The van der Waals surface area contributed by atoms with Crippen LogP contribution in [0.5, 0.6) is 5.75 Å². The Bertz CT molecular complexity index is 1360. The summed E-state index contributed by atoms with van der Waals surface area (Å²) in [5.41, 5.74) is 1.56. The largest absolute Gasteiger partial charge is 0.488 e. The van der Waals surface area contributed by atoms with Crippen LogP contribution in [0.15, 0.2) is 42.5 Å². The van der Waals surface area contributed by atoms with E-state index in [1.54, 1.807) is 6.07 Å². The average molecular weight is 635 g/mol. The Labute approximate surface area is 259 Å². The summed E-state index contributed by atoms with van der Waals surface area (Å²) in [5.74, 6) is -4.87. The lowest BCUT2D eigenvalue weighted by molar-refractivity contribution is -0.360. The molecule has 2 aliphatic rings. The minimum Gasteiger partial charge on any atom is -0.488 e. The monoisotopic (exact) mass is 634 g/mol. The Morgan fingerprint density at radius 2 is 1.57 bits per heavy atom. The number of carbonyl (C=O) groups is 4. The molecule has 0 amide bonds. The number of halogens is 1. The summed E-state index contributed by atoms with van der Waals surface area (Å²) in [4.78, 5) is 48.1. The van der Waals surface area contributed by atoms with Crippen LogP contribution in [0.2, 0.25) is 5.02 Å². The zero-order valence-corrected chi connectivity index (χ0v) is 25.5. The van der Waals surface area contributed by atoms with Crippen LogP contribution in [0.1, 0.15) is 50.8 Å². The highest BCUT2D eigenvalue weighted by atomic mass is 35.5. The van der Waals surface area contributed by atoms with E-state index in [2.05, 4.69) is 0 Å². The maximum Gasteiger partial charge on any atom is 0.303 e. The molecule has 4 rings (SSSR count). The Morgan fingerprint density at radius 1 is 0.909 bits per heavy atom. The summed E-state index contributed by atoms with van der Waals surface area (Å²) in [7, 11) is 0. The maximum atomic E-state index is 12.2. The third-order valence-corrected chi connectivity index (χ3v) is 7.39. The first-order valence-corrected chi connectivity index (χ1v) is 14.4. The molecular formula is C31H35ClO12. The molecule has 0 aliphatic carbocycles. The molecule has 12 nitrogen and oxygen atoms in total. The minimum absolute atomic E-state index is 0.00862. The molecule has 2 aliphatic heterocycles. The molecule has 0 unspecified atom stereocenters. The van der Waals surface area contributed by atoms with Crippen molar-refractivity contribution in [3.05, 3.63) is 64.2 Å². The van der Waals surface area contributed by atoms with Crippen LogP contribution in [0.25, 0.3) is 0 Å². The highest BCUT2D eigenvalue weighted by Crippen LogP contribution is 2.42. The number of aliphatic hydroxyl groups is 1. The molecule has 2 aromatic carbocycles. The van der Waals surface area contributed by atoms with Crippen LogP contribution in [-0.4, -0.2) is 79.3 Å². The van der Waals surface area contributed by atoms with E-state index in [0.717, 1.165) is 39.7 Å². The fourth-order valence-corrected chi connectivity index (χ4v) is 5.33. The van der Waals surface area contributed by atoms with Crippen LogP contribution in [0, 0.1) is 0 Å². The lowest BCUT2D eigenvalue weighted by Crippen LogP contribution is -2.66. The van der Waals surface area contributed by atoms with Gasteiger partial charge in [-0.15, -0.1) is 0 Å². The molecule has 238 valence electrons. The highest BCUT2D eigenvalue weighted by molar-refractivity contribution is 6.31. The number of rotatable bonds is 10. The van der Waals surface area contributed by atoms with E-state index >= 15 is 0 Å². The van der Waals surface area contributed by atoms with Crippen molar-refractivity contribution < 1.29 is 57.4 Å². The van der Waals surface area contributed by atoms with E-state index in [1.807, 2.05) is 24.3 Å². The Hall–Kier alpha value is -3.71. The van der Waals surface area contributed by atoms with Crippen LogP contribution in [0.4, 0.5) is 0 Å². The lowest BCUT2D eigenvalue weighted by atomic mass is 9.86. The van der Waals surface area contributed by atoms with E-state index in [0.29, 0.717) is 36.0 Å². The van der Waals surface area contributed by atoms with Crippen LogP contribution in [-0.2, 0) is 59.8 Å². The molecule has 0 saturated carbocycles. The molecule has 2 fully saturated rings. The molecule has 1 N–H and O–H groups in total. The Kier molecular flexibility index (Phi) is 10.8. The van der Waals surface area contributed by atoms with Gasteiger partial charge in [-0.25, -0.2) is 0 Å². The van der Waals surface area contributed by atoms with Crippen molar-refractivity contribution in [1.82, 2.24) is 0 Å². The van der Waals surface area contributed by atoms with Gasteiger partial charge in [-0.05, 0) is 41.8 Å². The fraction of sp³-hybridized carbons (Fsp3) is 0.484. The third-order valence-electron chi connectivity index (χ3n) is 7.02. The van der Waals surface area contributed by atoms with Crippen molar-refractivity contribution in [1.29, 1.82) is 0 Å². The molecule has 0 radical (unpaired) electrons. The summed E-state index contributed by atoms with van der Waals surface area (Å²) >= 11 is 6.56. The van der Waals surface area contributed by atoms with Crippen molar-refractivity contribution in [2.75, 3.05) is 19.8 Å². The van der Waals surface area contributed by atoms with Gasteiger partial charge >= 0.3 is 23.9 Å². The Morgan fingerprint density at radius 3 is 2.16 bits per heavy atom. The van der Waals surface area contributed by atoms with E-state index < -0.39 is 60.7 Å². The number of esters is 4. The van der Waals surface area contributed by atoms with Gasteiger partial charge in [0.1, 0.15) is 24.6 Å². The quantitative estimate of drug-likeness (QED) is 0.302. The van der Waals surface area contributed by atoms with Crippen molar-refractivity contribution in [3.63, 3.8) is 0 Å². The second-order valence-corrected chi connectivity index (χ2v) is 11.0. The van der Waals surface area contributed by atoms with Crippen molar-refractivity contribution in [3.8, 4) is 5.75 Å². The maximum absolute atomic E-state index is 12.2. The van der Waals surface area contributed by atoms with Crippen molar-refractivity contribution in [2.24, 2.45) is 0 Å². The fourth-order valence-electron chi connectivity index (χ4n) is 5.15. The average Bonchev–Trinajstić information content (AvgIpc) is 3.46. The Balaban J connectivity index is 1.70. The first-order chi connectivity index (χ1) is 20.9. The number of hydrogen-bond donors (Lipinski definition) is 1. The van der Waals surface area contributed by atoms with E-state index in [1.165, 1.54) is 12.1 Å². The topological polar surface area (TPSA) is 153 Å². The summed E-state index contributed by atoms with van der Waals surface area (Å²) < 4.78 is 38.8. The predicted molar refractivity (Wildman–Crippen MR) is 153 cm³/mol. The molecule has 6 atom stereocenters. The van der Waals surface area contributed by atoms with Gasteiger partial charge in [0, 0.05) is 44.7 Å². The van der Waals surface area contributed by atoms with Crippen LogP contribution in [0.3, 0.4) is 0 Å². The number of carbonyl (C=O) groups excluding carboxylic acids is 4. The summed E-state index contributed by atoms with van der Waals surface area (Å²) in [6.07, 6.45) is -4.82. The number of ether oxygens (including phenoxy) is 7. The van der Waals surface area contributed by atoms with E-state index in [-0.39, 0.29) is 11.7 Å². The predicted octanol–water partition coefficient (Wildman–Crippen LogP) is 3.00. The molecule has 2 heterocycles. The van der Waals surface area contributed by atoms with E-state index in [9.17, 15) is 24.3 Å². The second kappa shape index (κ2) is 14.4. The smallest absolute Gasteiger partial charge is 0.303 e. The first kappa shape index (κ1) is 33.2. The summed E-state index contributed by atoms with van der Waals surface area (Å²) in [5, 5.41) is 12.5. The molecule has 2 aromatic rings. The standard InChI is InChI=1S/C31H35ClO12/c1-17(33)39-16-27-28(40-18(2)34)29(41-19(3)35)30(42-20(4)36)31(37,44-27)23-7-10-26(32)22(14-23)13-21-5-8-24(9-6-21)43-25-11-12-38-15-25/h5-10,14,25,27-30,37H,11-13,15-16H2,1-4H3/t25-,27+,28+,29-,30+,31-/m0/s1. The molecule has 13 heteroatoms. The molecule has 2 saturated heterocycles. The SMILES string of the molecule is CC(=O)OC[C@H]1O[C@@](O)(c2ccc(Cl)c(Cc3ccc(O[C@H]4CCOC4)cc3)c2)[C@H](OC(C)=O)[C@@H](OC(C)=O)[C@@H]1OC(C)=O. The third kappa shape index (κ3) is 8.26. The highest BCUT2D eigenvalue weighted by Gasteiger charge is 2.60. The summed E-state index contributed by atoms with van der Waals surface area (Å²) in [6, 6.07) is 12.0. The molecule has 0 bridgehead atoms. The number of hydrogen-bond acceptors (Lipinski definition) is 12. The number of benzene rings is 2. The molecule has 44 heavy (non-hydrogen) atoms. The molecule has 0 spiro atoms. The lowest BCUT2D eigenvalue weighted by Gasteiger charge is -2.48. The molecule has 0 aromatic heterocycles. The van der Waals surface area contributed by atoms with Gasteiger partial charge in [-0.3, -0.25) is 19.2 Å². The van der Waals surface area contributed by atoms with Gasteiger partial charge in [0.2, 0.25) is 11.9 Å². The minimum atomic E-state index is -2.46. The van der Waals surface area contributed by atoms with Crippen molar-refractivity contribution >= 4 is 35.5 Å².